The maximum Gasteiger partial charge on any atom is 0.256 e. The van der Waals surface area contributed by atoms with Gasteiger partial charge in [-0.15, -0.1) is 0 Å². The molecule has 2 saturated carbocycles. The van der Waals surface area contributed by atoms with Crippen LogP contribution in [0.2, 0.25) is 0 Å². The summed E-state index contributed by atoms with van der Waals surface area (Å²) in [4.78, 5) is 33.9. The van der Waals surface area contributed by atoms with Gasteiger partial charge in [0.15, 0.2) is 0 Å². The molecule has 0 unspecified atom stereocenters. The summed E-state index contributed by atoms with van der Waals surface area (Å²) in [5, 5.41) is 5.35. The molecule has 3 fully saturated rings. The molecule has 184 valence electrons. The average molecular weight is 486 g/mol. The molecule has 2 aromatic carbocycles. The van der Waals surface area contributed by atoms with E-state index in [1.165, 1.54) is 6.07 Å². The number of aromatic nitrogens is 2. The van der Waals surface area contributed by atoms with E-state index in [9.17, 15) is 9.59 Å². The van der Waals surface area contributed by atoms with Gasteiger partial charge in [-0.1, -0.05) is 6.07 Å². The van der Waals surface area contributed by atoms with Gasteiger partial charge >= 0.3 is 0 Å². The van der Waals surface area contributed by atoms with Crippen LogP contribution in [0, 0.1) is 24.6 Å². The van der Waals surface area contributed by atoms with Gasteiger partial charge in [0.1, 0.15) is 17.2 Å². The summed E-state index contributed by atoms with van der Waals surface area (Å²) < 4.78 is 17.4. The number of aliphatic imine (C=N–C) groups is 1. The number of carbonyl (C=O) groups is 2. The molecular weight excluding hydrogens is 457 g/mol. The molecule has 3 heterocycles. The number of benzene rings is 2. The summed E-state index contributed by atoms with van der Waals surface area (Å²) in [6.45, 7) is 3.84. The van der Waals surface area contributed by atoms with Crippen LogP contribution < -0.4 is 0 Å². The van der Waals surface area contributed by atoms with Crippen LogP contribution in [0.5, 0.6) is 0 Å². The third-order valence-electron chi connectivity index (χ3n) is 8.15. The zero-order chi connectivity index (χ0) is 24.8. The molecule has 0 bridgehead atoms. The number of likely N-dealkylation sites (tertiary alicyclic amines) is 1. The number of halogens is 1. The lowest BCUT2D eigenvalue weighted by Crippen LogP contribution is -2.55. The van der Waals surface area contributed by atoms with E-state index in [0.717, 1.165) is 40.4 Å². The number of amidine groups is 1. The molecule has 8 heteroatoms. The van der Waals surface area contributed by atoms with Crippen LogP contribution in [0.3, 0.4) is 0 Å². The van der Waals surface area contributed by atoms with Crippen molar-refractivity contribution in [3.8, 4) is 11.1 Å². The highest BCUT2D eigenvalue weighted by Gasteiger charge is 2.58. The molecular formula is C28H28FN5O2. The molecule has 0 atom stereocenters. The van der Waals surface area contributed by atoms with Crippen LogP contribution in [0.25, 0.3) is 22.0 Å². The minimum Gasteiger partial charge on any atom is -0.342 e. The largest absolute Gasteiger partial charge is 0.342 e. The van der Waals surface area contributed by atoms with Gasteiger partial charge in [-0.3, -0.25) is 24.2 Å². The number of hydrogen-bond acceptors (Lipinski definition) is 4. The summed E-state index contributed by atoms with van der Waals surface area (Å²) in [5.74, 6) is 0.685. The van der Waals surface area contributed by atoms with E-state index in [0.29, 0.717) is 43.9 Å². The lowest BCUT2D eigenvalue weighted by molar-refractivity contribution is -0.139. The van der Waals surface area contributed by atoms with Crippen molar-refractivity contribution in [2.75, 3.05) is 19.6 Å². The van der Waals surface area contributed by atoms with Gasteiger partial charge in [-0.05, 0) is 73.6 Å². The van der Waals surface area contributed by atoms with Crippen LogP contribution in [-0.2, 0) is 16.6 Å². The second-order valence-electron chi connectivity index (χ2n) is 11.0. The Bertz CT molecular complexity index is 1480. The maximum atomic E-state index is 15.6. The Kier molecular flexibility index (Phi) is 4.51. The Morgan fingerprint density at radius 3 is 2.61 bits per heavy atom. The van der Waals surface area contributed by atoms with Gasteiger partial charge in [0.05, 0.1) is 17.3 Å². The Balaban J connectivity index is 1.16. The lowest BCUT2D eigenvalue weighted by Gasteiger charge is -2.41. The van der Waals surface area contributed by atoms with Crippen LogP contribution in [0.15, 0.2) is 41.5 Å². The van der Waals surface area contributed by atoms with Crippen LogP contribution in [-0.4, -0.2) is 62.4 Å². The van der Waals surface area contributed by atoms with Crippen LogP contribution >= 0.6 is 0 Å². The Morgan fingerprint density at radius 1 is 1.14 bits per heavy atom. The fourth-order valence-electron chi connectivity index (χ4n) is 5.79. The summed E-state index contributed by atoms with van der Waals surface area (Å²) in [5.41, 5.74) is 3.50. The average Bonchev–Trinajstić information content (AvgIpc) is 3.74. The van der Waals surface area contributed by atoms with E-state index in [-0.39, 0.29) is 29.5 Å². The van der Waals surface area contributed by atoms with E-state index >= 15 is 4.39 Å². The molecule has 7 nitrogen and oxygen atoms in total. The van der Waals surface area contributed by atoms with Gasteiger partial charge in [0, 0.05) is 43.9 Å². The molecule has 2 aliphatic heterocycles. The van der Waals surface area contributed by atoms with E-state index in [4.69, 9.17) is 4.99 Å². The van der Waals surface area contributed by atoms with Gasteiger partial charge < -0.3 is 4.90 Å². The predicted octanol–water partition coefficient (Wildman–Crippen LogP) is 3.68. The fraction of sp³-hybridized carbons (Fsp3) is 0.429. The number of hydrogen-bond donors (Lipinski definition) is 0. The van der Waals surface area contributed by atoms with Crippen molar-refractivity contribution in [3.05, 3.63) is 53.5 Å². The summed E-state index contributed by atoms with van der Waals surface area (Å²) in [6, 6.07) is 9.26. The van der Waals surface area contributed by atoms with Crippen molar-refractivity contribution < 1.29 is 14.0 Å². The minimum atomic E-state index is -0.698. The van der Waals surface area contributed by atoms with Crippen molar-refractivity contribution in [2.45, 2.75) is 38.1 Å². The summed E-state index contributed by atoms with van der Waals surface area (Å²) in [6.07, 6.45) is 5.24. The van der Waals surface area contributed by atoms with Gasteiger partial charge in [0.25, 0.3) is 5.91 Å². The molecule has 2 aliphatic carbocycles. The molecule has 7 rings (SSSR count). The first-order valence-electron chi connectivity index (χ1n) is 12.8. The molecule has 2 amide bonds. The zero-order valence-electron chi connectivity index (χ0n) is 20.5. The highest BCUT2D eigenvalue weighted by Crippen LogP contribution is 2.46. The third kappa shape index (κ3) is 3.30. The first-order chi connectivity index (χ1) is 17.3. The molecule has 0 radical (unpaired) electrons. The van der Waals surface area contributed by atoms with Crippen molar-refractivity contribution >= 4 is 28.6 Å². The zero-order valence-corrected chi connectivity index (χ0v) is 20.5. The Labute approximate surface area is 208 Å². The second-order valence-corrected chi connectivity index (χ2v) is 11.0. The van der Waals surface area contributed by atoms with Gasteiger partial charge in [-0.25, -0.2) is 4.39 Å². The number of carbonyl (C=O) groups excluding carboxylic acids is 2. The van der Waals surface area contributed by atoms with Crippen molar-refractivity contribution in [2.24, 2.45) is 23.9 Å². The number of rotatable bonds is 5. The maximum absolute atomic E-state index is 15.6. The fourth-order valence-corrected chi connectivity index (χ4v) is 5.79. The van der Waals surface area contributed by atoms with E-state index in [2.05, 4.69) is 5.10 Å². The first-order valence-corrected chi connectivity index (χ1v) is 12.8. The van der Waals surface area contributed by atoms with E-state index in [1.807, 2.05) is 47.9 Å². The summed E-state index contributed by atoms with van der Waals surface area (Å²) in [7, 11) is 1.91. The number of fused-ring (bicyclic) bond motifs is 1. The normalized spacial score (nSPS) is 20.9. The van der Waals surface area contributed by atoms with Crippen LogP contribution in [0.4, 0.5) is 4.39 Å². The van der Waals surface area contributed by atoms with Crippen molar-refractivity contribution in [1.29, 1.82) is 0 Å². The Morgan fingerprint density at radius 2 is 1.92 bits per heavy atom. The molecule has 1 saturated heterocycles. The smallest absolute Gasteiger partial charge is 0.256 e. The van der Waals surface area contributed by atoms with Gasteiger partial charge in [-0.2, -0.15) is 5.10 Å². The molecule has 36 heavy (non-hydrogen) atoms. The SMILES string of the molecule is Cc1cc(-c2ccc(C3=NC4(CC4)C(=O)N3CC3CN(C(=O)C4CC4)C3)c(F)c2)cc2cnn(C)c12. The monoisotopic (exact) mass is 485 g/mol. The minimum absolute atomic E-state index is 0.0226. The Hall–Kier alpha value is -3.55. The topological polar surface area (TPSA) is 70.8 Å². The third-order valence-corrected chi connectivity index (χ3v) is 8.15. The predicted molar refractivity (Wildman–Crippen MR) is 134 cm³/mol. The number of nitrogens with zero attached hydrogens (tertiary/aromatic N) is 5. The van der Waals surface area contributed by atoms with E-state index in [1.54, 1.807) is 11.0 Å². The number of amides is 2. The highest BCUT2D eigenvalue weighted by molar-refractivity contribution is 6.16. The quantitative estimate of drug-likeness (QED) is 0.554. The number of aryl methyl sites for hydroxylation is 2. The standard InChI is InChI=1S/C28H28FN5O2/c1-16-9-20(10-21-12-30-32(2)24(16)21)19-5-6-22(23(29)11-19)25-31-28(7-8-28)27(36)34(25)15-17-13-33(14-17)26(35)18-3-4-18/h5-6,9-12,17-18H,3-4,7-8,13-15H2,1-2H3. The summed E-state index contributed by atoms with van der Waals surface area (Å²) >= 11 is 0. The van der Waals surface area contributed by atoms with Crippen molar-refractivity contribution in [3.63, 3.8) is 0 Å². The lowest BCUT2D eigenvalue weighted by atomic mass is 9.97. The van der Waals surface area contributed by atoms with Crippen LogP contribution in [0.1, 0.15) is 36.8 Å². The second kappa shape index (κ2) is 7.48. The highest BCUT2D eigenvalue weighted by atomic mass is 19.1. The molecule has 4 aliphatic rings. The molecule has 0 N–H and O–H groups in total. The first kappa shape index (κ1) is 21.7. The van der Waals surface area contributed by atoms with E-state index < -0.39 is 5.54 Å². The molecule has 3 aromatic rings. The molecule has 1 spiro atoms. The van der Waals surface area contributed by atoms with Crippen molar-refractivity contribution in [1.82, 2.24) is 19.6 Å². The molecule has 1 aromatic heterocycles. The van der Waals surface area contributed by atoms with Gasteiger partial charge in [0.2, 0.25) is 5.91 Å².